The lowest BCUT2D eigenvalue weighted by Gasteiger charge is -2.11. The van der Waals surface area contributed by atoms with Gasteiger partial charge in [-0.25, -0.2) is 4.98 Å². The maximum Gasteiger partial charge on any atom is 0.224 e. The first kappa shape index (κ1) is 11.6. The number of rotatable bonds is 3. The van der Waals surface area contributed by atoms with Crippen molar-refractivity contribution in [1.29, 1.82) is 0 Å². The lowest BCUT2D eigenvalue weighted by atomic mass is 10.00. The van der Waals surface area contributed by atoms with Gasteiger partial charge < -0.3 is 11.5 Å². The second-order valence-electron chi connectivity index (χ2n) is 4.03. The molecule has 0 saturated heterocycles. The van der Waals surface area contributed by atoms with Crippen molar-refractivity contribution in [2.75, 3.05) is 11.5 Å². The van der Waals surface area contributed by atoms with E-state index in [1.807, 2.05) is 6.20 Å². The Kier molecular flexibility index (Phi) is 3.08. The molecule has 0 radical (unpaired) electrons. The molecule has 17 heavy (non-hydrogen) atoms. The van der Waals surface area contributed by atoms with Gasteiger partial charge in [-0.2, -0.15) is 9.97 Å². The second kappa shape index (κ2) is 4.53. The molecule has 2 aromatic rings. The quantitative estimate of drug-likeness (QED) is 0.839. The molecule has 5 heteroatoms. The van der Waals surface area contributed by atoms with Gasteiger partial charge in [-0.1, -0.05) is 20.3 Å². The summed E-state index contributed by atoms with van der Waals surface area (Å²) in [5, 5.41) is 0.861. The van der Waals surface area contributed by atoms with Crippen molar-refractivity contribution in [3.8, 4) is 0 Å². The summed E-state index contributed by atoms with van der Waals surface area (Å²) in [6.07, 6.45) is 4.80. The van der Waals surface area contributed by atoms with E-state index in [0.29, 0.717) is 11.5 Å². The second-order valence-corrected chi connectivity index (χ2v) is 4.03. The van der Waals surface area contributed by atoms with Crippen LogP contribution in [0.4, 0.5) is 11.8 Å². The molecule has 5 nitrogen and oxygen atoms in total. The lowest BCUT2D eigenvalue weighted by molar-refractivity contribution is 0.902. The number of hydrogen-bond acceptors (Lipinski definition) is 5. The number of hydrogen-bond donors (Lipinski definition) is 2. The number of aryl methyl sites for hydroxylation is 2. The van der Waals surface area contributed by atoms with Gasteiger partial charge in [0.1, 0.15) is 5.82 Å². The summed E-state index contributed by atoms with van der Waals surface area (Å²) in [4.78, 5) is 12.5. The summed E-state index contributed by atoms with van der Waals surface area (Å²) in [6.45, 7) is 4.25. The highest BCUT2D eigenvalue weighted by Crippen LogP contribution is 2.25. The molecule has 0 amide bonds. The number of nitrogen functional groups attached to an aromatic ring is 2. The van der Waals surface area contributed by atoms with Gasteiger partial charge >= 0.3 is 0 Å². The number of pyridine rings is 1. The van der Waals surface area contributed by atoms with E-state index < -0.39 is 0 Å². The fourth-order valence-electron chi connectivity index (χ4n) is 2.08. The largest absolute Gasteiger partial charge is 0.383 e. The van der Waals surface area contributed by atoms with Crippen molar-refractivity contribution in [3.63, 3.8) is 0 Å². The standard InChI is InChI=1S/C12H17N5/c1-3-5-8-7(4-2)6-15-11-9(8)10(13)16-12(14)17-11/h6H,3-5H2,1-2H3,(H4,13,14,15,16,17). The number of anilines is 2. The predicted octanol–water partition coefficient (Wildman–Crippen LogP) is 1.70. The molecule has 0 fully saturated rings. The Hall–Kier alpha value is -1.91. The molecule has 0 atom stereocenters. The van der Waals surface area contributed by atoms with Crippen LogP contribution < -0.4 is 11.5 Å². The van der Waals surface area contributed by atoms with Crippen LogP contribution in [-0.2, 0) is 12.8 Å². The molecule has 0 bridgehead atoms. The van der Waals surface area contributed by atoms with E-state index in [-0.39, 0.29) is 5.95 Å². The Balaban J connectivity index is 2.79. The predicted molar refractivity (Wildman–Crippen MR) is 69.5 cm³/mol. The van der Waals surface area contributed by atoms with Crippen LogP contribution >= 0.6 is 0 Å². The van der Waals surface area contributed by atoms with E-state index in [4.69, 9.17) is 11.5 Å². The van der Waals surface area contributed by atoms with E-state index in [9.17, 15) is 0 Å². The highest BCUT2D eigenvalue weighted by atomic mass is 15.1. The van der Waals surface area contributed by atoms with E-state index in [2.05, 4.69) is 28.8 Å². The number of nitrogens with zero attached hydrogens (tertiary/aromatic N) is 3. The highest BCUT2D eigenvalue weighted by Gasteiger charge is 2.12. The van der Waals surface area contributed by atoms with Gasteiger partial charge in [-0.3, -0.25) is 0 Å². The van der Waals surface area contributed by atoms with Gasteiger partial charge in [0.15, 0.2) is 5.65 Å². The van der Waals surface area contributed by atoms with Crippen molar-refractivity contribution in [1.82, 2.24) is 15.0 Å². The van der Waals surface area contributed by atoms with Crippen LogP contribution in [0.3, 0.4) is 0 Å². The van der Waals surface area contributed by atoms with Crippen LogP contribution in [0, 0.1) is 0 Å². The van der Waals surface area contributed by atoms with Crippen molar-refractivity contribution in [3.05, 3.63) is 17.3 Å². The SMILES string of the molecule is CCCc1c(CC)cnc2nc(N)nc(N)c12. The van der Waals surface area contributed by atoms with Crippen LogP contribution in [0.5, 0.6) is 0 Å². The molecule has 0 aliphatic carbocycles. The summed E-state index contributed by atoms with van der Waals surface area (Å²) < 4.78 is 0. The van der Waals surface area contributed by atoms with Crippen molar-refractivity contribution >= 4 is 22.8 Å². The summed E-state index contributed by atoms with van der Waals surface area (Å²) >= 11 is 0. The highest BCUT2D eigenvalue weighted by molar-refractivity contribution is 5.90. The first-order valence-electron chi connectivity index (χ1n) is 5.86. The molecule has 90 valence electrons. The Labute approximate surface area is 100 Å². The van der Waals surface area contributed by atoms with Gasteiger partial charge in [0, 0.05) is 6.20 Å². The Bertz CT molecular complexity index is 550. The maximum atomic E-state index is 5.94. The zero-order valence-corrected chi connectivity index (χ0v) is 10.2. The van der Waals surface area contributed by atoms with Crippen molar-refractivity contribution in [2.45, 2.75) is 33.1 Å². The average molecular weight is 231 g/mol. The summed E-state index contributed by atoms with van der Waals surface area (Å²) in [5.74, 6) is 0.605. The average Bonchev–Trinajstić information content (AvgIpc) is 2.29. The van der Waals surface area contributed by atoms with E-state index >= 15 is 0 Å². The zero-order chi connectivity index (χ0) is 12.4. The normalized spacial score (nSPS) is 10.9. The lowest BCUT2D eigenvalue weighted by Crippen LogP contribution is -2.05. The third kappa shape index (κ3) is 2.00. The maximum absolute atomic E-state index is 5.94. The van der Waals surface area contributed by atoms with Crippen LogP contribution in [-0.4, -0.2) is 15.0 Å². The van der Waals surface area contributed by atoms with Gasteiger partial charge in [0.05, 0.1) is 5.39 Å². The minimum absolute atomic E-state index is 0.175. The topological polar surface area (TPSA) is 90.7 Å². The molecule has 0 spiro atoms. The molecule has 2 aromatic heterocycles. The molecule has 0 saturated carbocycles. The third-order valence-corrected chi connectivity index (χ3v) is 2.85. The van der Waals surface area contributed by atoms with E-state index in [0.717, 1.165) is 24.6 Å². The first-order valence-corrected chi connectivity index (χ1v) is 5.86. The van der Waals surface area contributed by atoms with Gasteiger partial charge in [-0.15, -0.1) is 0 Å². The van der Waals surface area contributed by atoms with E-state index in [1.165, 1.54) is 11.1 Å². The first-order chi connectivity index (χ1) is 8.17. The van der Waals surface area contributed by atoms with Crippen LogP contribution in [0.2, 0.25) is 0 Å². The fourth-order valence-corrected chi connectivity index (χ4v) is 2.08. The molecule has 2 rings (SSSR count). The number of aromatic nitrogens is 3. The molecular formula is C12H17N5. The Morgan fingerprint density at radius 1 is 1.18 bits per heavy atom. The number of nitrogens with two attached hydrogens (primary N) is 2. The smallest absolute Gasteiger partial charge is 0.224 e. The van der Waals surface area contributed by atoms with Crippen LogP contribution in [0.25, 0.3) is 11.0 Å². The molecule has 2 heterocycles. The molecular weight excluding hydrogens is 214 g/mol. The molecule has 0 aliphatic heterocycles. The molecule has 4 N–H and O–H groups in total. The minimum atomic E-state index is 0.175. The van der Waals surface area contributed by atoms with Crippen molar-refractivity contribution < 1.29 is 0 Å². The number of fused-ring (bicyclic) bond motifs is 1. The van der Waals surface area contributed by atoms with Gasteiger partial charge in [-0.05, 0) is 24.0 Å². The Morgan fingerprint density at radius 2 is 1.94 bits per heavy atom. The fraction of sp³-hybridized carbons (Fsp3) is 0.417. The minimum Gasteiger partial charge on any atom is -0.383 e. The molecule has 0 aromatic carbocycles. The monoisotopic (exact) mass is 231 g/mol. The zero-order valence-electron chi connectivity index (χ0n) is 10.2. The van der Waals surface area contributed by atoms with Gasteiger partial charge in [0.2, 0.25) is 5.95 Å². The molecule has 0 unspecified atom stereocenters. The summed E-state index contributed by atoms with van der Waals surface area (Å²) in [7, 11) is 0. The van der Waals surface area contributed by atoms with E-state index in [1.54, 1.807) is 0 Å². The Morgan fingerprint density at radius 3 is 2.59 bits per heavy atom. The summed E-state index contributed by atoms with van der Waals surface area (Å²) in [6, 6.07) is 0. The van der Waals surface area contributed by atoms with Crippen LogP contribution in [0.15, 0.2) is 6.20 Å². The van der Waals surface area contributed by atoms with Crippen molar-refractivity contribution in [2.24, 2.45) is 0 Å². The van der Waals surface area contributed by atoms with Gasteiger partial charge in [0.25, 0.3) is 0 Å². The molecule has 0 aliphatic rings. The van der Waals surface area contributed by atoms with Crippen LogP contribution in [0.1, 0.15) is 31.4 Å². The third-order valence-electron chi connectivity index (χ3n) is 2.85. The summed E-state index contributed by atoms with van der Waals surface area (Å²) in [5.41, 5.74) is 14.5.